The Balaban J connectivity index is 1.54. The highest BCUT2D eigenvalue weighted by Gasteiger charge is 2.37. The average molecular weight is 431 g/mol. The molecule has 0 radical (unpaired) electrons. The lowest BCUT2D eigenvalue weighted by atomic mass is 9.89. The number of nitrogens with one attached hydrogen (secondary N) is 1. The zero-order valence-electron chi connectivity index (χ0n) is 16.9. The fraction of sp³-hybridized carbons (Fsp3) is 0.409. The van der Waals surface area contributed by atoms with Gasteiger partial charge < -0.3 is 14.4 Å². The highest BCUT2D eigenvalue weighted by Crippen LogP contribution is 2.30. The predicted molar refractivity (Wildman–Crippen MR) is 113 cm³/mol. The zero-order valence-corrected chi connectivity index (χ0v) is 17.7. The van der Waals surface area contributed by atoms with Crippen LogP contribution < -0.4 is 9.46 Å². The first-order valence-electron chi connectivity index (χ1n) is 10.2. The maximum Gasteiger partial charge on any atom is 0.261 e. The maximum absolute atomic E-state index is 13.2. The predicted octanol–water partition coefficient (Wildman–Crippen LogP) is 3.28. The molecular weight excluding hydrogens is 404 g/mol. The first-order valence-corrected chi connectivity index (χ1v) is 11.7. The molecule has 0 aromatic heterocycles. The zero-order chi connectivity index (χ0) is 21.1. The molecular formula is C22H26N2O5S. The molecule has 1 heterocycles. The van der Waals surface area contributed by atoms with E-state index in [0.29, 0.717) is 30.2 Å². The lowest BCUT2D eigenvalue weighted by Crippen LogP contribution is -2.54. The van der Waals surface area contributed by atoms with E-state index in [9.17, 15) is 13.2 Å². The Kier molecular flexibility index (Phi) is 5.97. The second-order valence-electron chi connectivity index (χ2n) is 7.62. The van der Waals surface area contributed by atoms with Crippen molar-refractivity contribution in [2.45, 2.75) is 42.7 Å². The van der Waals surface area contributed by atoms with Crippen molar-refractivity contribution < 1.29 is 22.7 Å². The summed E-state index contributed by atoms with van der Waals surface area (Å²) in [7, 11) is -2.28. The van der Waals surface area contributed by atoms with E-state index in [4.69, 9.17) is 9.47 Å². The molecule has 2 aliphatic rings. The summed E-state index contributed by atoms with van der Waals surface area (Å²) in [5, 5.41) is 0. The van der Waals surface area contributed by atoms with Crippen molar-refractivity contribution in [3.63, 3.8) is 0 Å². The molecule has 0 unspecified atom stereocenters. The van der Waals surface area contributed by atoms with E-state index >= 15 is 0 Å². The molecule has 1 amide bonds. The van der Waals surface area contributed by atoms with E-state index in [1.54, 1.807) is 43.5 Å². The van der Waals surface area contributed by atoms with Crippen LogP contribution in [0.2, 0.25) is 0 Å². The number of ether oxygens (including phenoxy) is 2. The van der Waals surface area contributed by atoms with Crippen LogP contribution in [0.15, 0.2) is 53.4 Å². The van der Waals surface area contributed by atoms with Gasteiger partial charge in [-0.3, -0.25) is 9.52 Å². The van der Waals surface area contributed by atoms with Crippen LogP contribution in [0, 0.1) is 0 Å². The molecule has 2 aromatic carbocycles. The minimum Gasteiger partial charge on any atom is -0.497 e. The minimum atomic E-state index is -3.83. The van der Waals surface area contributed by atoms with Crippen LogP contribution in [-0.2, 0) is 14.8 Å². The molecule has 2 aromatic rings. The summed E-state index contributed by atoms with van der Waals surface area (Å²) in [5.74, 6) is 0.494. The smallest absolute Gasteiger partial charge is 0.261 e. The third-order valence-corrected chi connectivity index (χ3v) is 7.11. The molecule has 2 fully saturated rings. The Hall–Kier alpha value is -2.58. The van der Waals surface area contributed by atoms with Gasteiger partial charge in [-0.2, -0.15) is 0 Å². The number of nitrogens with zero attached hydrogens (tertiary/aromatic N) is 1. The third kappa shape index (κ3) is 4.29. The molecule has 1 saturated carbocycles. The number of hydrogen-bond donors (Lipinski definition) is 1. The number of fused-ring (bicyclic) bond motifs is 1. The maximum atomic E-state index is 13.2. The number of methoxy groups -OCH3 is 1. The number of rotatable bonds is 5. The number of benzene rings is 2. The van der Waals surface area contributed by atoms with Crippen molar-refractivity contribution >= 4 is 21.6 Å². The Morgan fingerprint density at radius 2 is 1.90 bits per heavy atom. The second kappa shape index (κ2) is 8.65. The van der Waals surface area contributed by atoms with Gasteiger partial charge in [0.25, 0.3) is 15.9 Å². The number of amides is 1. The highest BCUT2D eigenvalue weighted by molar-refractivity contribution is 7.92. The van der Waals surface area contributed by atoms with E-state index in [1.165, 1.54) is 12.1 Å². The van der Waals surface area contributed by atoms with Crippen molar-refractivity contribution in [1.29, 1.82) is 0 Å². The first kappa shape index (κ1) is 20.7. The molecule has 0 spiro atoms. The van der Waals surface area contributed by atoms with Crippen LogP contribution in [0.4, 0.5) is 5.69 Å². The molecule has 1 aliphatic heterocycles. The van der Waals surface area contributed by atoms with E-state index in [-0.39, 0.29) is 22.9 Å². The van der Waals surface area contributed by atoms with Crippen LogP contribution in [0.3, 0.4) is 0 Å². The van der Waals surface area contributed by atoms with E-state index in [1.807, 2.05) is 4.90 Å². The first-order chi connectivity index (χ1) is 14.5. The normalized spacial score (nSPS) is 21.6. The molecule has 1 saturated heterocycles. The quantitative estimate of drug-likeness (QED) is 0.787. The van der Waals surface area contributed by atoms with Gasteiger partial charge in [0.2, 0.25) is 0 Å². The lowest BCUT2D eigenvalue weighted by Gasteiger charge is -2.43. The van der Waals surface area contributed by atoms with Gasteiger partial charge >= 0.3 is 0 Å². The van der Waals surface area contributed by atoms with Crippen molar-refractivity contribution in [2.75, 3.05) is 25.0 Å². The van der Waals surface area contributed by atoms with Crippen molar-refractivity contribution in [3.05, 3.63) is 54.1 Å². The molecule has 1 N–H and O–H groups in total. The van der Waals surface area contributed by atoms with Crippen molar-refractivity contribution in [2.24, 2.45) is 0 Å². The summed E-state index contributed by atoms with van der Waals surface area (Å²) in [4.78, 5) is 15.1. The minimum absolute atomic E-state index is 0.0534. The number of anilines is 1. The number of carbonyl (C=O) groups is 1. The van der Waals surface area contributed by atoms with Crippen LogP contribution in [0.1, 0.15) is 36.0 Å². The van der Waals surface area contributed by atoms with Gasteiger partial charge in [-0.05, 0) is 55.3 Å². The molecule has 2 atom stereocenters. The Labute approximate surface area is 177 Å². The van der Waals surface area contributed by atoms with Gasteiger partial charge in [0.1, 0.15) is 5.75 Å². The molecule has 8 heteroatoms. The summed E-state index contributed by atoms with van der Waals surface area (Å²) in [6.07, 6.45) is 4.17. The van der Waals surface area contributed by atoms with Crippen LogP contribution in [0.25, 0.3) is 0 Å². The van der Waals surface area contributed by atoms with Gasteiger partial charge in [-0.15, -0.1) is 0 Å². The highest BCUT2D eigenvalue weighted by atomic mass is 32.2. The monoisotopic (exact) mass is 430 g/mol. The molecule has 30 heavy (non-hydrogen) atoms. The largest absolute Gasteiger partial charge is 0.497 e. The van der Waals surface area contributed by atoms with E-state index in [0.717, 1.165) is 25.7 Å². The van der Waals surface area contributed by atoms with Crippen LogP contribution in [0.5, 0.6) is 5.75 Å². The molecule has 4 rings (SSSR count). The summed E-state index contributed by atoms with van der Waals surface area (Å²) < 4.78 is 39.2. The van der Waals surface area contributed by atoms with Gasteiger partial charge in [-0.1, -0.05) is 18.9 Å². The summed E-state index contributed by atoms with van der Waals surface area (Å²) in [6.45, 7) is 1.05. The van der Waals surface area contributed by atoms with Gasteiger partial charge in [-0.25, -0.2) is 8.42 Å². The molecule has 0 bridgehead atoms. The van der Waals surface area contributed by atoms with Gasteiger partial charge in [0.05, 0.1) is 30.8 Å². The number of hydrogen-bond acceptors (Lipinski definition) is 5. The summed E-state index contributed by atoms with van der Waals surface area (Å²) >= 11 is 0. The molecule has 1 aliphatic carbocycles. The van der Waals surface area contributed by atoms with E-state index < -0.39 is 10.0 Å². The SMILES string of the molecule is COc1ccc(NS(=O)(=O)c2cccc(C(=O)N3CCO[C@H]4CCCC[C@H]43)c2)cc1. The Bertz CT molecular complexity index is 1000. The number of sulfonamides is 1. The van der Waals surface area contributed by atoms with Gasteiger partial charge in [0.15, 0.2) is 0 Å². The van der Waals surface area contributed by atoms with Crippen molar-refractivity contribution in [3.8, 4) is 5.75 Å². The third-order valence-electron chi connectivity index (χ3n) is 5.73. The van der Waals surface area contributed by atoms with E-state index in [2.05, 4.69) is 4.72 Å². The number of morpholine rings is 1. The fourth-order valence-electron chi connectivity index (χ4n) is 4.18. The Morgan fingerprint density at radius 1 is 1.13 bits per heavy atom. The van der Waals surface area contributed by atoms with Crippen LogP contribution >= 0.6 is 0 Å². The Morgan fingerprint density at radius 3 is 2.67 bits per heavy atom. The van der Waals surface area contributed by atoms with Gasteiger partial charge in [0, 0.05) is 17.8 Å². The molecule has 160 valence electrons. The lowest BCUT2D eigenvalue weighted by molar-refractivity contribution is -0.0752. The topological polar surface area (TPSA) is 84.9 Å². The average Bonchev–Trinajstić information content (AvgIpc) is 2.78. The summed E-state index contributed by atoms with van der Waals surface area (Å²) in [5.41, 5.74) is 0.796. The summed E-state index contributed by atoms with van der Waals surface area (Å²) in [6, 6.07) is 12.9. The molecule has 7 nitrogen and oxygen atoms in total. The second-order valence-corrected chi connectivity index (χ2v) is 9.30. The van der Waals surface area contributed by atoms with Crippen molar-refractivity contribution in [1.82, 2.24) is 4.90 Å². The van der Waals surface area contributed by atoms with Crippen LogP contribution in [-0.4, -0.2) is 51.6 Å². The standard InChI is InChI=1S/C22H26N2O5S/c1-28-18-11-9-17(10-12-18)23-30(26,27)19-6-4-5-16(15-19)22(25)24-13-14-29-21-8-3-2-7-20(21)24/h4-6,9-12,15,20-21,23H,2-3,7-8,13-14H2,1H3/t20-,21+/m1/s1. The number of carbonyl (C=O) groups excluding carboxylic acids is 1. The fourth-order valence-corrected chi connectivity index (χ4v) is 5.29.